The van der Waals surface area contributed by atoms with Gasteiger partial charge in [0.25, 0.3) is 0 Å². The molecule has 1 fully saturated rings. The van der Waals surface area contributed by atoms with Gasteiger partial charge >= 0.3 is 0 Å². The standard InChI is InChI=1S/C11H23NO/c1-3-9(2)8-12-10-4-6-11(13)7-5-10/h9-13H,3-8H2,1-2H3/t9?,10-,11-. The van der Waals surface area contributed by atoms with Crippen LogP contribution in [0.25, 0.3) is 0 Å². The maximum absolute atomic E-state index is 9.32. The molecule has 2 N–H and O–H groups in total. The normalized spacial score (nSPS) is 31.6. The molecule has 1 rings (SSSR count). The van der Waals surface area contributed by atoms with E-state index in [4.69, 9.17) is 0 Å². The van der Waals surface area contributed by atoms with Gasteiger partial charge in [-0.2, -0.15) is 0 Å². The molecule has 0 radical (unpaired) electrons. The fraction of sp³-hybridized carbons (Fsp3) is 1.00. The number of aliphatic hydroxyl groups excluding tert-OH is 1. The quantitative estimate of drug-likeness (QED) is 0.701. The highest BCUT2D eigenvalue weighted by Crippen LogP contribution is 2.18. The zero-order valence-electron chi connectivity index (χ0n) is 8.92. The maximum atomic E-state index is 9.32. The van der Waals surface area contributed by atoms with E-state index in [0.29, 0.717) is 6.04 Å². The minimum Gasteiger partial charge on any atom is -0.393 e. The predicted octanol–water partition coefficient (Wildman–Crippen LogP) is 1.93. The summed E-state index contributed by atoms with van der Waals surface area (Å²) in [5, 5.41) is 12.9. The van der Waals surface area contributed by atoms with E-state index >= 15 is 0 Å². The molecule has 0 aromatic rings. The van der Waals surface area contributed by atoms with E-state index in [2.05, 4.69) is 19.2 Å². The van der Waals surface area contributed by atoms with Crippen LogP contribution in [0.15, 0.2) is 0 Å². The average molecular weight is 185 g/mol. The Balaban J connectivity index is 2.08. The first-order chi connectivity index (χ1) is 6.22. The monoisotopic (exact) mass is 185 g/mol. The summed E-state index contributed by atoms with van der Waals surface area (Å²) >= 11 is 0. The van der Waals surface area contributed by atoms with Crippen molar-refractivity contribution in [3.8, 4) is 0 Å². The fourth-order valence-corrected chi connectivity index (χ4v) is 1.79. The van der Waals surface area contributed by atoms with Gasteiger partial charge in [-0.3, -0.25) is 0 Å². The van der Waals surface area contributed by atoms with Crippen LogP contribution in [0.3, 0.4) is 0 Å². The molecule has 0 amide bonds. The number of hydrogen-bond donors (Lipinski definition) is 2. The maximum Gasteiger partial charge on any atom is 0.0541 e. The number of rotatable bonds is 4. The Hall–Kier alpha value is -0.0800. The largest absolute Gasteiger partial charge is 0.393 e. The summed E-state index contributed by atoms with van der Waals surface area (Å²) in [4.78, 5) is 0. The van der Waals surface area contributed by atoms with Gasteiger partial charge in [-0.25, -0.2) is 0 Å². The molecule has 1 atom stereocenters. The molecule has 13 heavy (non-hydrogen) atoms. The molecule has 0 spiro atoms. The number of aliphatic hydroxyl groups is 1. The predicted molar refractivity (Wildman–Crippen MR) is 55.7 cm³/mol. The highest BCUT2D eigenvalue weighted by molar-refractivity contribution is 4.76. The first kappa shape index (κ1) is 11.0. The molecule has 78 valence electrons. The highest BCUT2D eigenvalue weighted by Gasteiger charge is 2.18. The van der Waals surface area contributed by atoms with Gasteiger partial charge in [-0.1, -0.05) is 20.3 Å². The first-order valence-electron chi connectivity index (χ1n) is 5.63. The van der Waals surface area contributed by atoms with Crippen LogP contribution in [-0.2, 0) is 0 Å². The molecule has 0 aromatic heterocycles. The molecule has 1 aliphatic carbocycles. The Morgan fingerprint density at radius 2 is 1.92 bits per heavy atom. The summed E-state index contributed by atoms with van der Waals surface area (Å²) in [7, 11) is 0. The SMILES string of the molecule is CCC(C)CN[C@H]1CC[C@H](O)CC1. The Bertz CT molecular complexity index is 130. The van der Waals surface area contributed by atoms with Crippen molar-refractivity contribution in [3.05, 3.63) is 0 Å². The third-order valence-electron chi connectivity index (χ3n) is 3.15. The Morgan fingerprint density at radius 3 is 2.46 bits per heavy atom. The molecule has 0 aromatic carbocycles. The zero-order chi connectivity index (χ0) is 9.68. The van der Waals surface area contributed by atoms with Crippen molar-refractivity contribution in [2.75, 3.05) is 6.54 Å². The summed E-state index contributed by atoms with van der Waals surface area (Å²) in [6, 6.07) is 0.664. The lowest BCUT2D eigenvalue weighted by Crippen LogP contribution is -2.36. The number of hydrogen-bond acceptors (Lipinski definition) is 2. The Morgan fingerprint density at radius 1 is 1.31 bits per heavy atom. The molecule has 1 aliphatic rings. The summed E-state index contributed by atoms with van der Waals surface area (Å²) in [5.41, 5.74) is 0. The van der Waals surface area contributed by atoms with Crippen molar-refractivity contribution in [2.45, 2.75) is 58.1 Å². The van der Waals surface area contributed by atoms with Crippen molar-refractivity contribution in [2.24, 2.45) is 5.92 Å². The second-order valence-corrected chi connectivity index (χ2v) is 4.43. The van der Waals surface area contributed by atoms with Crippen LogP contribution in [0.5, 0.6) is 0 Å². The van der Waals surface area contributed by atoms with Crippen molar-refractivity contribution < 1.29 is 5.11 Å². The van der Waals surface area contributed by atoms with E-state index < -0.39 is 0 Å². The van der Waals surface area contributed by atoms with Crippen molar-refractivity contribution in [3.63, 3.8) is 0 Å². The van der Waals surface area contributed by atoms with E-state index in [9.17, 15) is 5.11 Å². The van der Waals surface area contributed by atoms with Gasteiger partial charge in [-0.05, 0) is 38.1 Å². The molecule has 1 saturated carbocycles. The molecule has 2 nitrogen and oxygen atoms in total. The third kappa shape index (κ3) is 4.10. The lowest BCUT2D eigenvalue weighted by atomic mass is 9.93. The molecule has 0 saturated heterocycles. The second kappa shape index (κ2) is 5.61. The Kier molecular flexibility index (Phi) is 4.74. The van der Waals surface area contributed by atoms with Gasteiger partial charge < -0.3 is 10.4 Å². The van der Waals surface area contributed by atoms with E-state index in [1.165, 1.54) is 6.42 Å². The van der Waals surface area contributed by atoms with Crippen LogP contribution in [0.2, 0.25) is 0 Å². The van der Waals surface area contributed by atoms with Gasteiger partial charge in [0.1, 0.15) is 0 Å². The topological polar surface area (TPSA) is 32.3 Å². The van der Waals surface area contributed by atoms with Crippen LogP contribution < -0.4 is 5.32 Å². The van der Waals surface area contributed by atoms with E-state index in [1.807, 2.05) is 0 Å². The number of nitrogens with one attached hydrogen (secondary N) is 1. The Labute approximate surface area is 81.7 Å². The van der Waals surface area contributed by atoms with Gasteiger partial charge in [-0.15, -0.1) is 0 Å². The zero-order valence-corrected chi connectivity index (χ0v) is 8.92. The van der Waals surface area contributed by atoms with Crippen LogP contribution in [0.4, 0.5) is 0 Å². The second-order valence-electron chi connectivity index (χ2n) is 4.43. The molecule has 0 bridgehead atoms. The van der Waals surface area contributed by atoms with Crippen LogP contribution in [0.1, 0.15) is 46.0 Å². The lowest BCUT2D eigenvalue weighted by Gasteiger charge is -2.27. The summed E-state index contributed by atoms with van der Waals surface area (Å²) < 4.78 is 0. The van der Waals surface area contributed by atoms with E-state index in [0.717, 1.165) is 38.1 Å². The molecule has 0 heterocycles. The highest BCUT2D eigenvalue weighted by atomic mass is 16.3. The van der Waals surface area contributed by atoms with E-state index in [-0.39, 0.29) is 6.10 Å². The summed E-state index contributed by atoms with van der Waals surface area (Å²) in [5.74, 6) is 0.784. The molecule has 1 unspecified atom stereocenters. The van der Waals surface area contributed by atoms with Crippen LogP contribution in [0, 0.1) is 5.92 Å². The van der Waals surface area contributed by atoms with Crippen LogP contribution in [-0.4, -0.2) is 23.8 Å². The first-order valence-corrected chi connectivity index (χ1v) is 5.63. The van der Waals surface area contributed by atoms with Gasteiger partial charge in [0.05, 0.1) is 6.10 Å². The van der Waals surface area contributed by atoms with E-state index in [1.54, 1.807) is 0 Å². The van der Waals surface area contributed by atoms with Gasteiger partial charge in [0, 0.05) is 6.04 Å². The van der Waals surface area contributed by atoms with Gasteiger partial charge in [0.2, 0.25) is 0 Å². The summed E-state index contributed by atoms with van der Waals surface area (Å²) in [6.45, 7) is 5.65. The summed E-state index contributed by atoms with van der Waals surface area (Å²) in [6.07, 6.45) is 5.50. The molecule has 2 heteroatoms. The minimum atomic E-state index is -0.0263. The van der Waals surface area contributed by atoms with Crippen LogP contribution >= 0.6 is 0 Å². The minimum absolute atomic E-state index is 0.0263. The molecular formula is C11H23NO. The van der Waals surface area contributed by atoms with Crippen molar-refractivity contribution in [1.29, 1.82) is 0 Å². The fourth-order valence-electron chi connectivity index (χ4n) is 1.79. The molecule has 0 aliphatic heterocycles. The molecular weight excluding hydrogens is 162 g/mol. The lowest BCUT2D eigenvalue weighted by molar-refractivity contribution is 0.116. The average Bonchev–Trinajstić information content (AvgIpc) is 2.16. The van der Waals surface area contributed by atoms with Gasteiger partial charge in [0.15, 0.2) is 0 Å². The smallest absolute Gasteiger partial charge is 0.0541 e. The van der Waals surface area contributed by atoms with Crippen molar-refractivity contribution >= 4 is 0 Å². The van der Waals surface area contributed by atoms with Crippen molar-refractivity contribution in [1.82, 2.24) is 5.32 Å². The third-order valence-corrected chi connectivity index (χ3v) is 3.15.